The highest BCUT2D eigenvalue weighted by Gasteiger charge is 2.20. The van der Waals surface area contributed by atoms with Crippen LogP contribution in [0.1, 0.15) is 30.1 Å². The molecule has 5 heteroatoms. The Morgan fingerprint density at radius 1 is 1.55 bits per heavy atom. The van der Waals surface area contributed by atoms with E-state index in [1.165, 1.54) is 19.4 Å². The van der Waals surface area contributed by atoms with Gasteiger partial charge in [-0.05, 0) is 37.1 Å². The molecule has 1 unspecified atom stereocenters. The predicted molar refractivity (Wildman–Crippen MR) is 78.4 cm³/mol. The third kappa shape index (κ3) is 3.95. The number of nitrogens with one attached hydrogen (secondary N) is 1. The maximum atomic E-state index is 11.4. The molecule has 1 fully saturated rings. The fraction of sp³-hybridized carbons (Fsp3) is 0.533. The maximum absolute atomic E-state index is 11.4. The highest BCUT2D eigenvalue weighted by Crippen LogP contribution is 2.19. The molecule has 0 bridgehead atoms. The number of carbonyl (C=O) groups excluding carboxylic acids is 1. The van der Waals surface area contributed by atoms with Crippen LogP contribution in [0.15, 0.2) is 24.3 Å². The molecule has 1 aliphatic heterocycles. The average Bonchev–Trinajstić information content (AvgIpc) is 2.95. The van der Waals surface area contributed by atoms with E-state index in [4.69, 9.17) is 10.6 Å². The van der Waals surface area contributed by atoms with Gasteiger partial charge in [0.15, 0.2) is 0 Å². The van der Waals surface area contributed by atoms with Gasteiger partial charge in [0.05, 0.1) is 0 Å². The van der Waals surface area contributed by atoms with Gasteiger partial charge in [0.25, 0.3) is 5.91 Å². The number of amides is 1. The fourth-order valence-corrected chi connectivity index (χ4v) is 2.55. The van der Waals surface area contributed by atoms with Crippen LogP contribution in [-0.2, 0) is 0 Å². The van der Waals surface area contributed by atoms with Gasteiger partial charge in [-0.1, -0.05) is 19.4 Å². The molecule has 0 radical (unpaired) electrons. The summed E-state index contributed by atoms with van der Waals surface area (Å²) in [5.41, 5.74) is 2.63. The molecule has 0 aromatic heterocycles. The van der Waals surface area contributed by atoms with Gasteiger partial charge in [-0.25, -0.2) is 5.84 Å². The second-order valence-corrected chi connectivity index (χ2v) is 5.21. The lowest BCUT2D eigenvalue weighted by atomic mass is 10.1. The Labute approximate surface area is 120 Å². The number of hydrazine groups is 1. The molecule has 2 rings (SSSR count). The summed E-state index contributed by atoms with van der Waals surface area (Å²) in [4.78, 5) is 13.9. The fourth-order valence-electron chi connectivity index (χ4n) is 2.55. The van der Waals surface area contributed by atoms with E-state index in [2.05, 4.69) is 17.2 Å². The van der Waals surface area contributed by atoms with Crippen LogP contribution in [0.5, 0.6) is 5.75 Å². The number of hydrogen-bond acceptors (Lipinski definition) is 4. The molecule has 1 aromatic rings. The van der Waals surface area contributed by atoms with Crippen molar-refractivity contribution in [1.82, 2.24) is 10.3 Å². The molecule has 3 N–H and O–H groups in total. The smallest absolute Gasteiger partial charge is 0.265 e. The number of nitrogen functional groups attached to an aromatic ring is 1. The summed E-state index contributed by atoms with van der Waals surface area (Å²) >= 11 is 0. The van der Waals surface area contributed by atoms with Crippen molar-refractivity contribution in [3.63, 3.8) is 0 Å². The van der Waals surface area contributed by atoms with Crippen LogP contribution in [-0.4, -0.2) is 37.0 Å². The van der Waals surface area contributed by atoms with Crippen LogP contribution in [0, 0.1) is 5.92 Å². The molecule has 20 heavy (non-hydrogen) atoms. The number of ether oxygens (including phenoxy) is 1. The Morgan fingerprint density at radius 3 is 3.10 bits per heavy atom. The molecule has 1 atom stereocenters. The maximum Gasteiger partial charge on any atom is 0.265 e. The largest absolute Gasteiger partial charge is 0.492 e. The van der Waals surface area contributed by atoms with E-state index in [9.17, 15) is 4.79 Å². The number of nitrogens with two attached hydrogens (primary N) is 1. The first kappa shape index (κ1) is 14.8. The van der Waals surface area contributed by atoms with E-state index in [1.807, 2.05) is 6.07 Å². The molecule has 1 heterocycles. The Balaban J connectivity index is 1.78. The second-order valence-electron chi connectivity index (χ2n) is 5.21. The number of carbonyl (C=O) groups is 1. The summed E-state index contributed by atoms with van der Waals surface area (Å²) in [6.07, 6.45) is 2.55. The van der Waals surface area contributed by atoms with Crippen LogP contribution >= 0.6 is 0 Å². The third-order valence-corrected chi connectivity index (χ3v) is 3.85. The lowest BCUT2D eigenvalue weighted by Gasteiger charge is -2.16. The van der Waals surface area contributed by atoms with Crippen molar-refractivity contribution in [3.8, 4) is 5.75 Å². The van der Waals surface area contributed by atoms with Crippen molar-refractivity contribution < 1.29 is 9.53 Å². The van der Waals surface area contributed by atoms with Gasteiger partial charge >= 0.3 is 0 Å². The number of hydrogen-bond donors (Lipinski definition) is 2. The van der Waals surface area contributed by atoms with Crippen molar-refractivity contribution in [2.45, 2.75) is 19.8 Å². The Bertz CT molecular complexity index is 450. The molecule has 1 aliphatic rings. The molecule has 5 nitrogen and oxygen atoms in total. The molecule has 1 saturated heterocycles. The van der Waals surface area contributed by atoms with E-state index in [0.29, 0.717) is 17.9 Å². The predicted octanol–water partition coefficient (Wildman–Crippen LogP) is 1.40. The van der Waals surface area contributed by atoms with Crippen LogP contribution in [0.2, 0.25) is 0 Å². The number of benzene rings is 1. The van der Waals surface area contributed by atoms with Crippen molar-refractivity contribution >= 4 is 5.91 Å². The van der Waals surface area contributed by atoms with E-state index in [1.54, 1.807) is 18.2 Å². The first-order chi connectivity index (χ1) is 9.72. The first-order valence-electron chi connectivity index (χ1n) is 7.19. The molecule has 0 saturated carbocycles. The second kappa shape index (κ2) is 7.26. The normalized spacial score (nSPS) is 19.0. The van der Waals surface area contributed by atoms with E-state index < -0.39 is 0 Å². The van der Waals surface area contributed by atoms with Crippen molar-refractivity contribution in [3.05, 3.63) is 29.8 Å². The topological polar surface area (TPSA) is 67.6 Å². The van der Waals surface area contributed by atoms with Crippen LogP contribution in [0.3, 0.4) is 0 Å². The minimum Gasteiger partial charge on any atom is -0.492 e. The summed E-state index contributed by atoms with van der Waals surface area (Å²) < 4.78 is 5.71. The molecule has 0 spiro atoms. The molecule has 0 aliphatic carbocycles. The monoisotopic (exact) mass is 277 g/mol. The zero-order valence-electron chi connectivity index (χ0n) is 12.0. The van der Waals surface area contributed by atoms with Gasteiger partial charge in [0.1, 0.15) is 12.4 Å². The lowest BCUT2D eigenvalue weighted by Crippen LogP contribution is -2.30. The van der Waals surface area contributed by atoms with Crippen molar-refractivity contribution in [2.75, 3.05) is 26.2 Å². The number of likely N-dealkylation sites (tertiary alicyclic amines) is 1. The van der Waals surface area contributed by atoms with Crippen LogP contribution in [0.25, 0.3) is 0 Å². The van der Waals surface area contributed by atoms with E-state index >= 15 is 0 Å². The Hall–Kier alpha value is -1.59. The summed E-state index contributed by atoms with van der Waals surface area (Å²) in [7, 11) is 0. The summed E-state index contributed by atoms with van der Waals surface area (Å²) in [5, 5.41) is 0. The van der Waals surface area contributed by atoms with E-state index in [0.717, 1.165) is 19.0 Å². The quantitative estimate of drug-likeness (QED) is 0.468. The zero-order chi connectivity index (χ0) is 14.4. The van der Waals surface area contributed by atoms with Crippen LogP contribution < -0.4 is 16.0 Å². The molecule has 1 amide bonds. The standard InChI is InChI=1S/C15H23N3O2/c1-2-12-6-7-18(11-12)8-9-20-14-5-3-4-13(10-14)15(19)17-16/h3-5,10,12H,2,6-9,11,16H2,1H3,(H,17,19). The highest BCUT2D eigenvalue weighted by atomic mass is 16.5. The summed E-state index contributed by atoms with van der Waals surface area (Å²) in [5.74, 6) is 6.36. The highest BCUT2D eigenvalue weighted by molar-refractivity contribution is 5.94. The SMILES string of the molecule is CCC1CCN(CCOc2cccc(C(=O)NN)c2)C1. The van der Waals surface area contributed by atoms with E-state index in [-0.39, 0.29) is 5.91 Å². The van der Waals surface area contributed by atoms with Gasteiger partial charge in [-0.2, -0.15) is 0 Å². The molecule has 110 valence electrons. The summed E-state index contributed by atoms with van der Waals surface area (Å²) in [6.45, 7) is 6.17. The van der Waals surface area contributed by atoms with Gasteiger partial charge in [-0.15, -0.1) is 0 Å². The minimum absolute atomic E-state index is 0.305. The Morgan fingerprint density at radius 2 is 2.40 bits per heavy atom. The zero-order valence-corrected chi connectivity index (χ0v) is 12.0. The molecule has 1 aromatic carbocycles. The van der Waals surface area contributed by atoms with Crippen molar-refractivity contribution in [1.29, 1.82) is 0 Å². The van der Waals surface area contributed by atoms with Crippen LogP contribution in [0.4, 0.5) is 0 Å². The summed E-state index contributed by atoms with van der Waals surface area (Å²) in [6, 6.07) is 7.07. The molecular weight excluding hydrogens is 254 g/mol. The molecular formula is C15H23N3O2. The van der Waals surface area contributed by atoms with Gasteiger partial charge in [0.2, 0.25) is 0 Å². The van der Waals surface area contributed by atoms with Gasteiger partial charge in [0, 0.05) is 18.7 Å². The third-order valence-electron chi connectivity index (χ3n) is 3.85. The van der Waals surface area contributed by atoms with Crippen molar-refractivity contribution in [2.24, 2.45) is 11.8 Å². The van der Waals surface area contributed by atoms with Gasteiger partial charge in [-0.3, -0.25) is 15.1 Å². The number of rotatable bonds is 6. The average molecular weight is 277 g/mol. The van der Waals surface area contributed by atoms with Gasteiger partial charge < -0.3 is 4.74 Å². The Kier molecular flexibility index (Phi) is 5.38. The first-order valence-corrected chi connectivity index (χ1v) is 7.19. The minimum atomic E-state index is -0.305. The lowest BCUT2D eigenvalue weighted by molar-refractivity contribution is 0.0953. The number of nitrogens with zero attached hydrogens (tertiary/aromatic N) is 1.